The molecular weight excluding hydrogens is 689 g/mol. The summed E-state index contributed by atoms with van der Waals surface area (Å²) < 4.78 is 0. The largest absolute Gasteiger partial charge is 0.363 e. The van der Waals surface area contributed by atoms with E-state index in [-0.39, 0.29) is 0 Å². The highest BCUT2D eigenvalue weighted by Gasteiger charge is 2.22. The third kappa shape index (κ3) is 7.06. The molecule has 9 aromatic rings. The molecule has 0 spiro atoms. The molecule has 0 saturated carbocycles. The van der Waals surface area contributed by atoms with Crippen LogP contribution in [-0.2, 0) is 13.1 Å². The number of nitrogens with zero attached hydrogens (tertiary/aromatic N) is 2. The Kier molecular flexibility index (Phi) is 9.06. The number of anilines is 1. The highest BCUT2D eigenvalue weighted by molar-refractivity contribution is 5.86. The summed E-state index contributed by atoms with van der Waals surface area (Å²) in [6.45, 7) is 1.61. The van der Waals surface area contributed by atoms with Crippen molar-refractivity contribution >= 4 is 5.69 Å². The normalized spacial score (nSPS) is 12.0. The molecule has 0 amide bonds. The lowest BCUT2D eigenvalue weighted by atomic mass is 9.89. The Balaban J connectivity index is 1.13. The van der Waals surface area contributed by atoms with Gasteiger partial charge in [0.1, 0.15) is 0 Å². The number of pyridine rings is 1. The Bertz CT molecular complexity index is 2700. The molecule has 2 nitrogen and oxygen atoms in total. The third-order valence-electron chi connectivity index (χ3n) is 11.1. The van der Waals surface area contributed by atoms with Crippen molar-refractivity contribution in [2.75, 3.05) is 4.90 Å². The summed E-state index contributed by atoms with van der Waals surface area (Å²) in [6.07, 6.45) is 0. The van der Waals surface area contributed by atoms with Crippen LogP contribution in [0.4, 0.5) is 5.69 Å². The molecule has 57 heavy (non-hydrogen) atoms. The van der Waals surface area contributed by atoms with Crippen molar-refractivity contribution in [2.45, 2.75) is 13.1 Å². The van der Waals surface area contributed by atoms with E-state index in [0.29, 0.717) is 0 Å². The highest BCUT2D eigenvalue weighted by atomic mass is 15.1. The Morgan fingerprint density at radius 3 is 1.25 bits per heavy atom. The zero-order valence-corrected chi connectivity index (χ0v) is 31.6. The van der Waals surface area contributed by atoms with Crippen molar-refractivity contribution in [3.05, 3.63) is 230 Å². The number of rotatable bonds is 7. The van der Waals surface area contributed by atoms with Crippen LogP contribution in [0, 0.1) is 0 Å². The van der Waals surface area contributed by atoms with Gasteiger partial charge in [0, 0.05) is 29.9 Å². The van der Waals surface area contributed by atoms with Gasteiger partial charge in [-0.2, -0.15) is 0 Å². The summed E-state index contributed by atoms with van der Waals surface area (Å²) >= 11 is 0. The average molecular weight is 729 g/mol. The molecule has 1 aliphatic rings. The highest BCUT2D eigenvalue weighted by Crippen LogP contribution is 2.41. The van der Waals surface area contributed by atoms with Gasteiger partial charge < -0.3 is 4.90 Å². The molecule has 0 aliphatic carbocycles. The summed E-state index contributed by atoms with van der Waals surface area (Å²) in [5, 5.41) is 0. The zero-order chi connectivity index (χ0) is 38.0. The minimum absolute atomic E-state index is 0.793. The molecule has 0 bridgehead atoms. The van der Waals surface area contributed by atoms with Crippen LogP contribution in [0.15, 0.2) is 218 Å². The minimum Gasteiger partial charge on any atom is -0.363 e. The van der Waals surface area contributed by atoms with Gasteiger partial charge >= 0.3 is 0 Å². The third-order valence-corrected chi connectivity index (χ3v) is 11.1. The van der Waals surface area contributed by atoms with Gasteiger partial charge in [-0.15, -0.1) is 0 Å². The second-order valence-electron chi connectivity index (χ2n) is 14.8. The van der Waals surface area contributed by atoms with E-state index in [1.54, 1.807) is 0 Å². The molecule has 0 N–H and O–H groups in total. The smallest absolute Gasteiger partial charge is 0.0715 e. The van der Waals surface area contributed by atoms with E-state index in [1.165, 1.54) is 66.9 Å². The fourth-order valence-electron chi connectivity index (χ4n) is 8.20. The Labute approximate surface area is 335 Å². The van der Waals surface area contributed by atoms with Crippen molar-refractivity contribution in [2.24, 2.45) is 0 Å². The molecule has 0 atom stereocenters. The van der Waals surface area contributed by atoms with Crippen molar-refractivity contribution in [3.63, 3.8) is 0 Å². The standard InChI is InChI=1S/C55H40N2/c1-6-16-39(17-7-1)46-31-47(40-18-8-2-9-19-40)33-48(32-46)44-26-27-45-37-57(51-24-14-5-15-25-51)38-50-30-43(28-29-52(50)53(45)34-44)49-35-54(41-20-10-3-11-21-41)56-55(36-49)42-22-12-4-13-23-42/h1-36H,37-38H2. The van der Waals surface area contributed by atoms with Crippen LogP contribution in [0.5, 0.6) is 0 Å². The second kappa shape index (κ2) is 15.1. The Hall–Kier alpha value is -7.29. The van der Waals surface area contributed by atoms with Crippen molar-refractivity contribution in [3.8, 4) is 78.1 Å². The first kappa shape index (κ1) is 34.2. The van der Waals surface area contributed by atoms with Gasteiger partial charge in [0.2, 0.25) is 0 Å². The SMILES string of the molecule is c1ccc(-c2cc(-c3ccccc3)cc(-c3ccc4c(c3)-c3ccc(-c5cc(-c6ccccc6)nc(-c6ccccc6)c5)cc3CN(c3ccccc3)C4)c2)cc1. The summed E-state index contributed by atoms with van der Waals surface area (Å²) in [7, 11) is 0. The van der Waals surface area contributed by atoms with E-state index >= 15 is 0 Å². The number of para-hydroxylation sites is 1. The zero-order valence-electron chi connectivity index (χ0n) is 31.6. The van der Waals surface area contributed by atoms with Crippen LogP contribution in [-0.4, -0.2) is 4.98 Å². The number of benzene rings is 8. The summed E-state index contributed by atoms with van der Waals surface area (Å²) in [5.74, 6) is 0. The van der Waals surface area contributed by atoms with Crippen molar-refractivity contribution < 1.29 is 0 Å². The fraction of sp³-hybridized carbons (Fsp3) is 0.0364. The van der Waals surface area contributed by atoms with Crippen LogP contribution in [0.1, 0.15) is 11.1 Å². The maximum absolute atomic E-state index is 5.16. The van der Waals surface area contributed by atoms with Crippen LogP contribution in [0.25, 0.3) is 78.1 Å². The molecule has 2 heteroatoms. The first-order valence-corrected chi connectivity index (χ1v) is 19.7. The Morgan fingerprint density at radius 1 is 0.281 bits per heavy atom. The van der Waals surface area contributed by atoms with Gasteiger partial charge in [-0.3, -0.25) is 0 Å². The second-order valence-corrected chi connectivity index (χ2v) is 14.8. The number of fused-ring (bicyclic) bond motifs is 3. The predicted molar refractivity (Wildman–Crippen MR) is 239 cm³/mol. The molecule has 0 fully saturated rings. The van der Waals surface area contributed by atoms with E-state index in [0.717, 1.165) is 41.2 Å². The minimum atomic E-state index is 0.793. The molecule has 270 valence electrons. The lowest BCUT2D eigenvalue weighted by Crippen LogP contribution is -2.20. The van der Waals surface area contributed by atoms with E-state index < -0.39 is 0 Å². The predicted octanol–water partition coefficient (Wildman–Crippen LogP) is 14.3. The number of aromatic nitrogens is 1. The quantitative estimate of drug-likeness (QED) is 0.162. The molecule has 10 rings (SSSR count). The van der Waals surface area contributed by atoms with Gasteiger partial charge in [-0.1, -0.05) is 164 Å². The van der Waals surface area contributed by atoms with Gasteiger partial charge in [0.15, 0.2) is 0 Å². The maximum Gasteiger partial charge on any atom is 0.0715 e. The summed E-state index contributed by atoms with van der Waals surface area (Å²) in [4.78, 5) is 7.67. The summed E-state index contributed by atoms with van der Waals surface area (Å²) in [5.41, 5.74) is 20.1. The van der Waals surface area contributed by atoms with Gasteiger partial charge in [-0.05, 0) is 121 Å². The first-order valence-electron chi connectivity index (χ1n) is 19.7. The topological polar surface area (TPSA) is 16.1 Å². The van der Waals surface area contributed by atoms with Crippen LogP contribution < -0.4 is 4.90 Å². The van der Waals surface area contributed by atoms with Gasteiger partial charge in [-0.25, -0.2) is 4.98 Å². The molecule has 1 aliphatic heterocycles. The fourth-order valence-corrected chi connectivity index (χ4v) is 8.20. The van der Waals surface area contributed by atoms with Crippen LogP contribution in [0.3, 0.4) is 0 Å². The number of hydrogen-bond donors (Lipinski definition) is 0. The monoisotopic (exact) mass is 728 g/mol. The van der Waals surface area contributed by atoms with Crippen LogP contribution in [0.2, 0.25) is 0 Å². The maximum atomic E-state index is 5.16. The molecule has 0 unspecified atom stereocenters. The van der Waals surface area contributed by atoms with Gasteiger partial charge in [0.05, 0.1) is 11.4 Å². The summed E-state index contributed by atoms with van der Waals surface area (Å²) in [6, 6.07) is 78.9. The molecular formula is C55H40N2. The van der Waals surface area contributed by atoms with Crippen molar-refractivity contribution in [1.82, 2.24) is 4.98 Å². The lowest BCUT2D eigenvalue weighted by Gasteiger charge is -2.24. The number of hydrogen-bond acceptors (Lipinski definition) is 2. The van der Waals surface area contributed by atoms with E-state index in [4.69, 9.17) is 4.98 Å². The van der Waals surface area contributed by atoms with Crippen molar-refractivity contribution in [1.29, 1.82) is 0 Å². The molecule has 1 aromatic heterocycles. The molecule has 0 saturated heterocycles. The molecule has 2 heterocycles. The van der Waals surface area contributed by atoms with Gasteiger partial charge in [0.25, 0.3) is 0 Å². The molecule has 0 radical (unpaired) electrons. The van der Waals surface area contributed by atoms with E-state index in [2.05, 4.69) is 223 Å². The first-order chi connectivity index (χ1) is 28.2. The Morgan fingerprint density at radius 2 is 0.702 bits per heavy atom. The van der Waals surface area contributed by atoms with E-state index in [1.807, 2.05) is 0 Å². The molecule has 8 aromatic carbocycles. The average Bonchev–Trinajstić information content (AvgIpc) is 3.46. The lowest BCUT2D eigenvalue weighted by molar-refractivity contribution is 0.812. The van der Waals surface area contributed by atoms with E-state index in [9.17, 15) is 0 Å². The van der Waals surface area contributed by atoms with Crippen LogP contribution >= 0.6 is 0 Å².